The minimum Gasteiger partial charge on any atom is -0.364 e. The number of primary amides is 1. The van der Waals surface area contributed by atoms with Gasteiger partial charge in [0.1, 0.15) is 17.2 Å². The molecule has 0 bridgehead atoms. The van der Waals surface area contributed by atoms with Crippen LogP contribution in [-0.4, -0.2) is 25.7 Å². The molecule has 2 rings (SSSR count). The Morgan fingerprint density at radius 2 is 2.17 bits per heavy atom. The summed E-state index contributed by atoms with van der Waals surface area (Å²) in [4.78, 5) is 19.1. The van der Waals surface area contributed by atoms with Crippen LogP contribution in [0.4, 0.5) is 0 Å². The van der Waals surface area contributed by atoms with Crippen LogP contribution in [0.2, 0.25) is 5.15 Å². The summed E-state index contributed by atoms with van der Waals surface area (Å²) in [5.74, 6) is 0.104. The van der Waals surface area contributed by atoms with Gasteiger partial charge in [0.05, 0.1) is 0 Å². The summed E-state index contributed by atoms with van der Waals surface area (Å²) in [7, 11) is 0. The zero-order chi connectivity index (χ0) is 13.3. The fraction of sp³-hybridized carbons (Fsp3) is 0.273. The van der Waals surface area contributed by atoms with Gasteiger partial charge in [0, 0.05) is 11.8 Å². The predicted octanol–water partition coefficient (Wildman–Crippen LogP) is 1.54. The normalized spacial score (nSPS) is 10.9. The van der Waals surface area contributed by atoms with Crippen molar-refractivity contribution in [1.82, 2.24) is 19.7 Å². The maximum Gasteiger partial charge on any atom is 0.269 e. The molecular formula is C11H12ClN5O. The highest BCUT2D eigenvalue weighted by Crippen LogP contribution is 2.26. The van der Waals surface area contributed by atoms with E-state index < -0.39 is 5.91 Å². The van der Waals surface area contributed by atoms with Crippen LogP contribution in [0.1, 0.15) is 35.8 Å². The van der Waals surface area contributed by atoms with Crippen LogP contribution in [0, 0.1) is 0 Å². The molecule has 94 valence electrons. The lowest BCUT2D eigenvalue weighted by molar-refractivity contribution is 0.0995. The van der Waals surface area contributed by atoms with Crippen molar-refractivity contribution in [1.29, 1.82) is 0 Å². The Morgan fingerprint density at radius 1 is 1.44 bits per heavy atom. The molecule has 6 nitrogen and oxygen atoms in total. The molecule has 2 N–H and O–H groups in total. The molecule has 1 amide bonds. The molecule has 7 heteroatoms. The third-order valence-corrected chi connectivity index (χ3v) is 2.75. The molecule has 0 aliphatic rings. The Bertz CT molecular complexity index is 593. The summed E-state index contributed by atoms with van der Waals surface area (Å²) < 4.78 is 1.48. The van der Waals surface area contributed by atoms with Gasteiger partial charge >= 0.3 is 0 Å². The molecule has 0 spiro atoms. The lowest BCUT2D eigenvalue weighted by Gasteiger charge is -2.12. The van der Waals surface area contributed by atoms with E-state index in [1.807, 2.05) is 13.8 Å². The number of nitrogens with zero attached hydrogens (tertiary/aromatic N) is 4. The number of nitrogens with two attached hydrogens (primary N) is 1. The molecule has 0 atom stereocenters. The molecule has 0 aliphatic carbocycles. The van der Waals surface area contributed by atoms with Gasteiger partial charge in [0.25, 0.3) is 5.91 Å². The smallest absolute Gasteiger partial charge is 0.269 e. The number of carbonyl (C=O) groups is 1. The fourth-order valence-corrected chi connectivity index (χ4v) is 1.96. The van der Waals surface area contributed by atoms with Crippen molar-refractivity contribution < 1.29 is 4.79 Å². The van der Waals surface area contributed by atoms with Crippen molar-refractivity contribution >= 4 is 17.5 Å². The van der Waals surface area contributed by atoms with E-state index in [9.17, 15) is 4.79 Å². The van der Waals surface area contributed by atoms with E-state index in [0.29, 0.717) is 11.0 Å². The van der Waals surface area contributed by atoms with E-state index in [1.54, 1.807) is 6.20 Å². The van der Waals surface area contributed by atoms with Crippen molar-refractivity contribution in [2.45, 2.75) is 19.8 Å². The molecule has 18 heavy (non-hydrogen) atoms. The van der Waals surface area contributed by atoms with E-state index in [-0.39, 0.29) is 11.6 Å². The van der Waals surface area contributed by atoms with Crippen LogP contribution in [0.5, 0.6) is 0 Å². The number of hydrogen-bond acceptors (Lipinski definition) is 4. The quantitative estimate of drug-likeness (QED) is 0.853. The van der Waals surface area contributed by atoms with Crippen molar-refractivity contribution in [2.24, 2.45) is 5.73 Å². The molecule has 0 unspecified atom stereocenters. The second-order valence-corrected chi connectivity index (χ2v) is 4.42. The highest BCUT2D eigenvalue weighted by molar-refractivity contribution is 6.30. The number of halogens is 1. The standard InChI is InChI=1S/C11H12ClN5O/c1-6(2)8-9(12)14-5-15-11(8)17-4-3-7(16-17)10(13)18/h3-6H,1-2H3,(H2,13,18). The average Bonchev–Trinajstić information content (AvgIpc) is 2.77. The van der Waals surface area contributed by atoms with Crippen LogP contribution in [0.15, 0.2) is 18.6 Å². The van der Waals surface area contributed by atoms with Crippen LogP contribution in [0.3, 0.4) is 0 Å². The minimum absolute atomic E-state index is 0.134. The van der Waals surface area contributed by atoms with Crippen LogP contribution >= 0.6 is 11.6 Å². The highest BCUT2D eigenvalue weighted by Gasteiger charge is 2.16. The molecule has 0 saturated carbocycles. The van der Waals surface area contributed by atoms with Crippen LogP contribution < -0.4 is 5.73 Å². The summed E-state index contributed by atoms with van der Waals surface area (Å²) in [6.07, 6.45) is 2.97. The molecule has 2 aromatic heterocycles. The molecule has 2 heterocycles. The Labute approximate surface area is 109 Å². The molecular weight excluding hydrogens is 254 g/mol. The van der Waals surface area contributed by atoms with Gasteiger partial charge in [0.2, 0.25) is 0 Å². The first-order valence-corrected chi connectivity index (χ1v) is 5.74. The molecule has 0 fully saturated rings. The predicted molar refractivity (Wildman–Crippen MR) is 66.8 cm³/mol. The Kier molecular flexibility index (Phi) is 3.29. The van der Waals surface area contributed by atoms with Crippen molar-refractivity contribution in [3.63, 3.8) is 0 Å². The van der Waals surface area contributed by atoms with Gasteiger partial charge in [-0.2, -0.15) is 5.10 Å². The summed E-state index contributed by atoms with van der Waals surface area (Å²) >= 11 is 6.06. The van der Waals surface area contributed by atoms with Crippen LogP contribution in [-0.2, 0) is 0 Å². The second kappa shape index (κ2) is 4.73. The first-order valence-electron chi connectivity index (χ1n) is 5.37. The van der Waals surface area contributed by atoms with E-state index >= 15 is 0 Å². The van der Waals surface area contributed by atoms with E-state index in [1.165, 1.54) is 17.1 Å². The zero-order valence-corrected chi connectivity index (χ0v) is 10.7. The molecule has 0 radical (unpaired) electrons. The lowest BCUT2D eigenvalue weighted by Crippen LogP contribution is -2.13. The van der Waals surface area contributed by atoms with Crippen molar-refractivity contribution in [3.05, 3.63) is 35.0 Å². The molecule has 0 saturated heterocycles. The summed E-state index contributed by atoms with van der Waals surface area (Å²) in [5, 5.41) is 4.44. The molecule has 0 aromatic carbocycles. The maximum atomic E-state index is 11.0. The fourth-order valence-electron chi connectivity index (χ4n) is 1.62. The lowest BCUT2D eigenvalue weighted by atomic mass is 10.1. The second-order valence-electron chi connectivity index (χ2n) is 4.07. The number of rotatable bonds is 3. The molecule has 2 aromatic rings. The summed E-state index contributed by atoms with van der Waals surface area (Å²) in [6, 6.07) is 1.53. The summed E-state index contributed by atoms with van der Waals surface area (Å²) in [5.41, 5.74) is 6.12. The van der Waals surface area contributed by atoms with Gasteiger partial charge in [-0.25, -0.2) is 14.6 Å². The monoisotopic (exact) mass is 265 g/mol. The van der Waals surface area contributed by atoms with Crippen LogP contribution in [0.25, 0.3) is 5.82 Å². The average molecular weight is 266 g/mol. The van der Waals surface area contributed by atoms with E-state index in [4.69, 9.17) is 17.3 Å². The van der Waals surface area contributed by atoms with Gasteiger partial charge in [-0.3, -0.25) is 4.79 Å². The van der Waals surface area contributed by atoms with Gasteiger partial charge in [-0.15, -0.1) is 0 Å². The highest BCUT2D eigenvalue weighted by atomic mass is 35.5. The number of aromatic nitrogens is 4. The SMILES string of the molecule is CC(C)c1c(Cl)ncnc1-n1ccc(C(N)=O)n1. The Morgan fingerprint density at radius 3 is 2.72 bits per heavy atom. The number of carbonyl (C=O) groups excluding carboxylic acids is 1. The maximum absolute atomic E-state index is 11.0. The van der Waals surface area contributed by atoms with Gasteiger partial charge in [-0.05, 0) is 12.0 Å². The number of hydrogen-bond donors (Lipinski definition) is 1. The largest absolute Gasteiger partial charge is 0.364 e. The topological polar surface area (TPSA) is 86.7 Å². The summed E-state index contributed by atoms with van der Waals surface area (Å²) in [6.45, 7) is 3.96. The number of amides is 1. The van der Waals surface area contributed by atoms with Crippen molar-refractivity contribution in [2.75, 3.05) is 0 Å². The minimum atomic E-state index is -0.583. The third-order valence-electron chi connectivity index (χ3n) is 2.45. The van der Waals surface area contributed by atoms with Gasteiger partial charge < -0.3 is 5.73 Å². The Hall–Kier alpha value is -1.95. The zero-order valence-electron chi connectivity index (χ0n) is 9.96. The first kappa shape index (κ1) is 12.5. The van der Waals surface area contributed by atoms with Gasteiger partial charge in [0.15, 0.2) is 5.82 Å². The van der Waals surface area contributed by atoms with E-state index in [2.05, 4.69) is 15.1 Å². The Balaban J connectivity index is 2.56. The van der Waals surface area contributed by atoms with E-state index in [0.717, 1.165) is 5.56 Å². The first-order chi connectivity index (χ1) is 8.50. The van der Waals surface area contributed by atoms with Gasteiger partial charge in [-0.1, -0.05) is 25.4 Å². The van der Waals surface area contributed by atoms with Crippen molar-refractivity contribution in [3.8, 4) is 5.82 Å². The third kappa shape index (κ3) is 2.19. The molecule has 0 aliphatic heterocycles.